The first-order chi connectivity index (χ1) is 9.12. The van der Waals surface area contributed by atoms with E-state index < -0.39 is 0 Å². The van der Waals surface area contributed by atoms with Gasteiger partial charge in [0.25, 0.3) is 0 Å². The van der Waals surface area contributed by atoms with Crippen molar-refractivity contribution in [1.82, 2.24) is 0 Å². The van der Waals surface area contributed by atoms with Gasteiger partial charge in [0, 0.05) is 7.11 Å². The number of rotatable bonds is 14. The number of hydrogen-bond acceptors (Lipinski definition) is 3. The van der Waals surface area contributed by atoms with E-state index in [9.17, 15) is 0 Å². The molecule has 0 radical (unpaired) electrons. The summed E-state index contributed by atoms with van der Waals surface area (Å²) in [4.78, 5) is 0. The molecular weight excluding hydrogens is 322 g/mol. The minimum atomic E-state index is 0. The summed E-state index contributed by atoms with van der Waals surface area (Å²) >= 11 is 0. The molecule has 0 aromatic rings. The fourth-order valence-electron chi connectivity index (χ4n) is 1.85. The highest BCUT2D eigenvalue weighted by atomic mass is 79.9. The highest BCUT2D eigenvalue weighted by Gasteiger charge is 2.13. The van der Waals surface area contributed by atoms with Crippen LogP contribution >= 0.6 is 0 Å². The molecule has 0 saturated heterocycles. The fraction of sp³-hybridized carbons (Fsp3) is 1.00. The van der Waals surface area contributed by atoms with Gasteiger partial charge in [-0.1, -0.05) is 19.8 Å². The van der Waals surface area contributed by atoms with Crippen molar-refractivity contribution in [3.63, 3.8) is 0 Å². The van der Waals surface area contributed by atoms with Gasteiger partial charge in [0.1, 0.15) is 6.54 Å². The van der Waals surface area contributed by atoms with E-state index in [0.717, 1.165) is 17.6 Å². The van der Waals surface area contributed by atoms with Gasteiger partial charge in [-0.15, -0.1) is 0 Å². The third kappa shape index (κ3) is 16.4. The predicted octanol–water partition coefficient (Wildman–Crippen LogP) is -0.673. The number of hydrogen-bond donors (Lipinski definition) is 0. The first-order valence-electron chi connectivity index (χ1n) is 7.59. The lowest BCUT2D eigenvalue weighted by atomic mass is 10.2. The number of halogens is 1. The van der Waals surface area contributed by atoms with Crippen molar-refractivity contribution in [2.75, 3.05) is 67.3 Å². The zero-order chi connectivity index (χ0) is 14.4. The average molecular weight is 356 g/mol. The molecule has 0 atom stereocenters. The monoisotopic (exact) mass is 355 g/mol. The van der Waals surface area contributed by atoms with E-state index in [1.165, 1.54) is 32.2 Å². The topological polar surface area (TPSA) is 27.7 Å². The quantitative estimate of drug-likeness (QED) is 0.305. The number of methoxy groups -OCH3 is 1. The number of quaternary nitrogens is 1. The Morgan fingerprint density at radius 2 is 1.35 bits per heavy atom. The SMILES string of the molecule is CCCCCC[N+](C)(C)CCOCCOCCOC.[Br-]. The summed E-state index contributed by atoms with van der Waals surface area (Å²) in [5.41, 5.74) is 0. The second kappa shape index (κ2) is 15.7. The molecule has 0 aliphatic rings. The van der Waals surface area contributed by atoms with Crippen molar-refractivity contribution < 1.29 is 35.7 Å². The summed E-state index contributed by atoms with van der Waals surface area (Å²) in [5, 5.41) is 0. The maximum atomic E-state index is 5.60. The molecule has 124 valence electrons. The molecule has 0 rings (SSSR count). The Balaban J connectivity index is 0. The third-order valence-corrected chi connectivity index (χ3v) is 3.26. The lowest BCUT2D eigenvalue weighted by Gasteiger charge is -2.29. The van der Waals surface area contributed by atoms with E-state index in [-0.39, 0.29) is 17.0 Å². The smallest absolute Gasteiger partial charge is 0.102 e. The molecule has 0 aromatic heterocycles. The van der Waals surface area contributed by atoms with E-state index >= 15 is 0 Å². The molecule has 0 aliphatic heterocycles. The van der Waals surface area contributed by atoms with Crippen LogP contribution in [-0.2, 0) is 14.2 Å². The third-order valence-electron chi connectivity index (χ3n) is 3.26. The predicted molar refractivity (Wildman–Crippen MR) is 79.5 cm³/mol. The van der Waals surface area contributed by atoms with Crippen molar-refractivity contribution >= 4 is 0 Å². The zero-order valence-electron chi connectivity index (χ0n) is 13.8. The van der Waals surface area contributed by atoms with Gasteiger partial charge >= 0.3 is 0 Å². The van der Waals surface area contributed by atoms with Crippen molar-refractivity contribution in [1.29, 1.82) is 0 Å². The summed E-state index contributed by atoms with van der Waals surface area (Å²) in [6, 6.07) is 0. The minimum absolute atomic E-state index is 0. The first kappa shape index (κ1) is 22.6. The van der Waals surface area contributed by atoms with E-state index in [4.69, 9.17) is 14.2 Å². The fourth-order valence-corrected chi connectivity index (χ4v) is 1.85. The molecule has 5 heteroatoms. The molecule has 0 amide bonds. The van der Waals surface area contributed by atoms with Gasteiger partial charge in [-0.25, -0.2) is 0 Å². The van der Waals surface area contributed by atoms with Crippen LogP contribution in [0.15, 0.2) is 0 Å². The maximum absolute atomic E-state index is 5.60. The van der Waals surface area contributed by atoms with Gasteiger partial charge in [0.15, 0.2) is 0 Å². The maximum Gasteiger partial charge on any atom is 0.102 e. The van der Waals surface area contributed by atoms with Crippen molar-refractivity contribution in [3.8, 4) is 0 Å². The summed E-state index contributed by atoms with van der Waals surface area (Å²) in [5.74, 6) is 0. The molecule has 4 nitrogen and oxygen atoms in total. The van der Waals surface area contributed by atoms with Gasteiger partial charge < -0.3 is 35.7 Å². The van der Waals surface area contributed by atoms with Gasteiger partial charge in [-0.3, -0.25) is 0 Å². The number of ether oxygens (including phenoxy) is 3. The molecule has 0 spiro atoms. The Kier molecular flexibility index (Phi) is 17.7. The molecule has 0 unspecified atom stereocenters. The molecule has 0 bridgehead atoms. The van der Waals surface area contributed by atoms with Crippen molar-refractivity contribution in [3.05, 3.63) is 0 Å². The van der Waals surface area contributed by atoms with Crippen LogP contribution in [0.4, 0.5) is 0 Å². The number of likely N-dealkylation sites (N-methyl/N-ethyl adjacent to an activating group) is 1. The second-order valence-corrected chi connectivity index (χ2v) is 5.66. The van der Waals surface area contributed by atoms with E-state index in [2.05, 4.69) is 21.0 Å². The average Bonchev–Trinajstić information content (AvgIpc) is 2.38. The molecule has 0 aliphatic carbocycles. The Bertz CT molecular complexity index is 192. The van der Waals surface area contributed by atoms with Crippen LogP contribution in [0.5, 0.6) is 0 Å². The van der Waals surface area contributed by atoms with Crippen LogP contribution in [0.3, 0.4) is 0 Å². The lowest BCUT2D eigenvalue weighted by molar-refractivity contribution is -0.891. The molecule has 0 aromatic carbocycles. The van der Waals surface area contributed by atoms with Crippen LogP contribution in [-0.4, -0.2) is 71.8 Å². The Hall–Kier alpha value is 0.320. The van der Waals surface area contributed by atoms with E-state index in [1.807, 2.05) is 0 Å². The second-order valence-electron chi connectivity index (χ2n) is 5.66. The summed E-state index contributed by atoms with van der Waals surface area (Å²) in [7, 11) is 6.25. The van der Waals surface area contributed by atoms with Gasteiger partial charge in [0.05, 0.1) is 53.7 Å². The van der Waals surface area contributed by atoms with E-state index in [1.54, 1.807) is 7.11 Å². The van der Waals surface area contributed by atoms with Crippen LogP contribution in [0.1, 0.15) is 32.6 Å². The van der Waals surface area contributed by atoms with Crippen LogP contribution in [0.25, 0.3) is 0 Å². The molecule has 0 N–H and O–H groups in total. The highest BCUT2D eigenvalue weighted by molar-refractivity contribution is 4.41. The Morgan fingerprint density at radius 3 is 1.95 bits per heavy atom. The summed E-state index contributed by atoms with van der Waals surface area (Å²) < 4.78 is 16.9. The lowest BCUT2D eigenvalue weighted by Crippen LogP contribution is -3.00. The van der Waals surface area contributed by atoms with Crippen LogP contribution in [0.2, 0.25) is 0 Å². The summed E-state index contributed by atoms with van der Waals surface area (Å²) in [6.45, 7) is 8.03. The van der Waals surface area contributed by atoms with Crippen molar-refractivity contribution in [2.45, 2.75) is 32.6 Å². The Labute approximate surface area is 136 Å². The van der Waals surface area contributed by atoms with Crippen molar-refractivity contribution in [2.24, 2.45) is 0 Å². The first-order valence-corrected chi connectivity index (χ1v) is 7.59. The molecular formula is C15H34BrNO3. The summed E-state index contributed by atoms with van der Waals surface area (Å²) in [6.07, 6.45) is 5.34. The van der Waals surface area contributed by atoms with Crippen LogP contribution < -0.4 is 17.0 Å². The van der Waals surface area contributed by atoms with Crippen LogP contribution in [0, 0.1) is 0 Å². The number of nitrogens with zero attached hydrogens (tertiary/aromatic N) is 1. The van der Waals surface area contributed by atoms with Gasteiger partial charge in [-0.05, 0) is 12.8 Å². The largest absolute Gasteiger partial charge is 1.00 e. The van der Waals surface area contributed by atoms with E-state index in [0.29, 0.717) is 26.4 Å². The molecule has 20 heavy (non-hydrogen) atoms. The zero-order valence-corrected chi connectivity index (χ0v) is 15.4. The normalized spacial score (nSPS) is 11.4. The minimum Gasteiger partial charge on any atom is -1.00 e. The number of unbranched alkanes of at least 4 members (excludes halogenated alkanes) is 3. The molecule has 0 saturated carbocycles. The van der Waals surface area contributed by atoms with Gasteiger partial charge in [-0.2, -0.15) is 0 Å². The Morgan fingerprint density at radius 1 is 0.750 bits per heavy atom. The molecule has 0 fully saturated rings. The highest BCUT2D eigenvalue weighted by Crippen LogP contribution is 2.05. The standard InChI is InChI=1S/C15H34NO3.BrH/c1-5-6-7-8-9-16(2,3)10-11-18-14-15-19-13-12-17-4;/h5-15H2,1-4H3;1H/q+1;/p-1. The molecule has 0 heterocycles. The van der Waals surface area contributed by atoms with Gasteiger partial charge in [0.2, 0.25) is 0 Å².